The van der Waals surface area contributed by atoms with Gasteiger partial charge in [-0.15, -0.1) is 0 Å². The van der Waals surface area contributed by atoms with Gasteiger partial charge in [0, 0.05) is 33.2 Å². The van der Waals surface area contributed by atoms with Crippen LogP contribution in [0, 0.1) is 5.92 Å². The van der Waals surface area contributed by atoms with Gasteiger partial charge in [0.05, 0.1) is 0 Å². The topological polar surface area (TPSA) is 18.8 Å². The molecule has 12 heavy (non-hydrogen) atoms. The van der Waals surface area contributed by atoms with E-state index in [0.29, 0.717) is 0 Å². The van der Waals surface area contributed by atoms with Crippen LogP contribution in [0.25, 0.3) is 0 Å². The third kappa shape index (κ3) is 1.28. The Balaban J connectivity index is 2.14. The smallest absolute Gasteiger partial charge is 0.196 e. The highest BCUT2D eigenvalue weighted by Crippen LogP contribution is 2.15. The molecule has 2 rings (SSSR count). The van der Waals surface area contributed by atoms with Crippen LogP contribution in [-0.2, 0) is 0 Å². The molecule has 0 saturated carbocycles. The molecule has 0 aliphatic carbocycles. The summed E-state index contributed by atoms with van der Waals surface area (Å²) in [6, 6.07) is 0. The van der Waals surface area contributed by atoms with Crippen LogP contribution in [0.4, 0.5) is 0 Å². The zero-order valence-corrected chi connectivity index (χ0v) is 7.95. The van der Waals surface area contributed by atoms with Crippen molar-refractivity contribution in [1.29, 1.82) is 0 Å². The molecule has 0 aromatic rings. The number of nitrogens with zero attached hydrogens (tertiary/aromatic N) is 3. The van der Waals surface area contributed by atoms with E-state index in [4.69, 9.17) is 0 Å². The van der Waals surface area contributed by atoms with E-state index >= 15 is 0 Å². The lowest BCUT2D eigenvalue weighted by Crippen LogP contribution is -2.52. The van der Waals surface area contributed by atoms with Crippen LogP contribution in [0.2, 0.25) is 0 Å². The van der Waals surface area contributed by atoms with E-state index < -0.39 is 0 Å². The molecular weight excluding hydrogens is 150 g/mol. The third-order valence-electron chi connectivity index (χ3n) is 2.62. The van der Waals surface area contributed by atoms with E-state index in [1.54, 1.807) is 0 Å². The Morgan fingerprint density at radius 1 is 1.42 bits per heavy atom. The van der Waals surface area contributed by atoms with E-state index in [1.807, 2.05) is 0 Å². The Morgan fingerprint density at radius 2 is 2.25 bits per heavy atom. The first-order valence-corrected chi connectivity index (χ1v) is 4.78. The highest BCUT2D eigenvalue weighted by atomic mass is 15.4. The lowest BCUT2D eigenvalue weighted by atomic mass is 10.1. The first-order chi connectivity index (χ1) is 5.77. The monoisotopic (exact) mass is 167 g/mol. The number of hydrogen-bond acceptors (Lipinski definition) is 3. The van der Waals surface area contributed by atoms with Gasteiger partial charge in [0.25, 0.3) is 0 Å². The van der Waals surface area contributed by atoms with Crippen molar-refractivity contribution in [2.75, 3.05) is 33.2 Å². The molecule has 0 aromatic carbocycles. The second-order valence-electron chi connectivity index (χ2n) is 3.97. The molecule has 2 heterocycles. The van der Waals surface area contributed by atoms with Crippen molar-refractivity contribution in [3.8, 4) is 0 Å². The predicted octanol–water partition coefficient (Wildman–Crippen LogP) is 0.630. The Morgan fingerprint density at radius 3 is 3.08 bits per heavy atom. The minimum absolute atomic E-state index is 0.736. The van der Waals surface area contributed by atoms with Gasteiger partial charge in [-0.2, -0.15) is 0 Å². The molecule has 0 spiro atoms. The van der Waals surface area contributed by atoms with E-state index in [2.05, 4.69) is 28.8 Å². The van der Waals surface area contributed by atoms with Gasteiger partial charge in [-0.1, -0.05) is 6.92 Å². The first kappa shape index (κ1) is 7.90. The molecule has 1 atom stereocenters. The molecule has 0 N–H and O–H groups in total. The Kier molecular flexibility index (Phi) is 1.95. The average molecular weight is 167 g/mol. The fourth-order valence-corrected chi connectivity index (χ4v) is 2.01. The molecule has 1 unspecified atom stereocenters. The Hall–Kier alpha value is -0.730. The van der Waals surface area contributed by atoms with Gasteiger partial charge in [-0.25, -0.2) is 0 Å². The summed E-state index contributed by atoms with van der Waals surface area (Å²) in [6.07, 6.45) is 1.28. The van der Waals surface area contributed by atoms with Gasteiger partial charge in [0.1, 0.15) is 0 Å². The van der Waals surface area contributed by atoms with E-state index in [1.165, 1.54) is 32.0 Å². The summed E-state index contributed by atoms with van der Waals surface area (Å²) < 4.78 is 0. The summed E-state index contributed by atoms with van der Waals surface area (Å²) in [5, 5.41) is 0. The van der Waals surface area contributed by atoms with Gasteiger partial charge in [-0.3, -0.25) is 4.99 Å². The number of guanidine groups is 1. The van der Waals surface area contributed by atoms with Crippen molar-refractivity contribution in [3.05, 3.63) is 0 Å². The molecule has 0 amide bonds. The molecular formula is C9H17N3. The Bertz CT molecular complexity index is 200. The molecule has 3 heteroatoms. The summed E-state index contributed by atoms with van der Waals surface area (Å²) >= 11 is 0. The number of rotatable bonds is 0. The zero-order valence-electron chi connectivity index (χ0n) is 7.95. The van der Waals surface area contributed by atoms with Crippen molar-refractivity contribution in [1.82, 2.24) is 9.80 Å². The van der Waals surface area contributed by atoms with Gasteiger partial charge in [0.15, 0.2) is 5.96 Å². The average Bonchev–Trinajstić information content (AvgIpc) is 2.04. The zero-order chi connectivity index (χ0) is 8.55. The minimum atomic E-state index is 0.736. The molecule has 68 valence electrons. The van der Waals surface area contributed by atoms with Gasteiger partial charge in [-0.05, 0) is 12.3 Å². The number of hydrogen-bond donors (Lipinski definition) is 0. The standard InChI is InChI=1S/C9H17N3/c1-8-6-10-9-11(2)4-3-5-12(9)7-8/h8H,3-7H2,1-2H3. The number of fused-ring (bicyclic) bond motifs is 1. The highest BCUT2D eigenvalue weighted by molar-refractivity contribution is 5.81. The van der Waals surface area contributed by atoms with Crippen LogP contribution in [0.3, 0.4) is 0 Å². The lowest BCUT2D eigenvalue weighted by molar-refractivity contribution is 0.240. The van der Waals surface area contributed by atoms with E-state index in [-0.39, 0.29) is 0 Å². The van der Waals surface area contributed by atoms with Crippen molar-refractivity contribution >= 4 is 5.96 Å². The van der Waals surface area contributed by atoms with Gasteiger partial charge >= 0.3 is 0 Å². The maximum Gasteiger partial charge on any atom is 0.196 e. The highest BCUT2D eigenvalue weighted by Gasteiger charge is 2.25. The fourth-order valence-electron chi connectivity index (χ4n) is 2.01. The summed E-state index contributed by atoms with van der Waals surface area (Å²) in [5.41, 5.74) is 0. The van der Waals surface area contributed by atoms with Crippen LogP contribution < -0.4 is 0 Å². The van der Waals surface area contributed by atoms with Crippen LogP contribution in [-0.4, -0.2) is 49.0 Å². The maximum absolute atomic E-state index is 4.58. The second kappa shape index (κ2) is 2.96. The largest absolute Gasteiger partial charge is 0.346 e. The molecule has 1 fully saturated rings. The first-order valence-electron chi connectivity index (χ1n) is 4.78. The normalized spacial score (nSPS) is 29.8. The quantitative estimate of drug-likeness (QED) is 0.527. The number of aliphatic imine (C=N–C) groups is 1. The molecule has 0 radical (unpaired) electrons. The predicted molar refractivity (Wildman–Crippen MR) is 50.3 cm³/mol. The van der Waals surface area contributed by atoms with Crippen molar-refractivity contribution in [3.63, 3.8) is 0 Å². The molecule has 3 nitrogen and oxygen atoms in total. The summed E-state index contributed by atoms with van der Waals surface area (Å²) in [4.78, 5) is 9.27. The van der Waals surface area contributed by atoms with Crippen LogP contribution in [0.15, 0.2) is 4.99 Å². The lowest BCUT2D eigenvalue weighted by Gasteiger charge is -2.40. The fraction of sp³-hybridized carbons (Fsp3) is 0.889. The summed E-state index contributed by atoms with van der Waals surface area (Å²) in [6.45, 7) is 6.85. The third-order valence-corrected chi connectivity index (χ3v) is 2.62. The molecule has 2 aliphatic rings. The second-order valence-corrected chi connectivity index (χ2v) is 3.97. The summed E-state index contributed by atoms with van der Waals surface area (Å²) in [5.74, 6) is 1.96. The van der Waals surface area contributed by atoms with Crippen LogP contribution in [0.1, 0.15) is 13.3 Å². The van der Waals surface area contributed by atoms with Gasteiger partial charge in [0.2, 0.25) is 0 Å². The molecule has 1 saturated heterocycles. The van der Waals surface area contributed by atoms with Crippen molar-refractivity contribution < 1.29 is 0 Å². The van der Waals surface area contributed by atoms with Crippen LogP contribution >= 0.6 is 0 Å². The summed E-state index contributed by atoms with van der Waals surface area (Å²) in [7, 11) is 2.14. The van der Waals surface area contributed by atoms with Crippen molar-refractivity contribution in [2.24, 2.45) is 10.9 Å². The molecule has 2 aliphatic heterocycles. The minimum Gasteiger partial charge on any atom is -0.346 e. The van der Waals surface area contributed by atoms with Gasteiger partial charge < -0.3 is 9.80 Å². The maximum atomic E-state index is 4.58. The van der Waals surface area contributed by atoms with E-state index in [0.717, 1.165) is 12.5 Å². The molecule has 0 bridgehead atoms. The SMILES string of the molecule is CC1CN=C2N(C)CCCN2C1. The van der Waals surface area contributed by atoms with Crippen LogP contribution in [0.5, 0.6) is 0 Å². The van der Waals surface area contributed by atoms with Crippen molar-refractivity contribution in [2.45, 2.75) is 13.3 Å². The Labute approximate surface area is 74.1 Å². The molecule has 0 aromatic heterocycles. The van der Waals surface area contributed by atoms with E-state index in [9.17, 15) is 0 Å².